The molecule has 3 heterocycles. The summed E-state index contributed by atoms with van der Waals surface area (Å²) >= 11 is 0. The summed E-state index contributed by atoms with van der Waals surface area (Å²) in [5.74, 6) is -0.479. The number of benzene rings is 2. The van der Waals surface area contributed by atoms with Crippen LogP contribution in [0.1, 0.15) is 29.9 Å². The molecule has 11 heteroatoms. The smallest absolute Gasteiger partial charge is 0.450 e. The van der Waals surface area contributed by atoms with Gasteiger partial charge in [0.15, 0.2) is 0 Å². The summed E-state index contributed by atoms with van der Waals surface area (Å²) in [6, 6.07) is 11.3. The number of carboxylic acid groups (broad SMARTS) is 1. The molecule has 2 aliphatic heterocycles. The van der Waals surface area contributed by atoms with Crippen molar-refractivity contribution in [3.63, 3.8) is 0 Å². The molecule has 196 valence electrons. The van der Waals surface area contributed by atoms with E-state index in [0.717, 1.165) is 17.2 Å². The van der Waals surface area contributed by atoms with Crippen molar-refractivity contribution < 1.29 is 37.4 Å². The van der Waals surface area contributed by atoms with Crippen LogP contribution in [0.4, 0.5) is 13.6 Å². The number of aromatic nitrogens is 2. The molecule has 2 saturated heterocycles. The van der Waals surface area contributed by atoms with E-state index in [1.807, 2.05) is 24.3 Å². The van der Waals surface area contributed by atoms with Crippen molar-refractivity contribution in [3.05, 3.63) is 71.1 Å². The number of hydrogen-bond acceptors (Lipinski definition) is 8. The Morgan fingerprint density at radius 2 is 1.89 bits per heavy atom. The minimum atomic E-state index is -1.25. The maximum atomic E-state index is 14.6. The quantitative estimate of drug-likeness (QED) is 0.421. The Morgan fingerprint density at radius 3 is 2.59 bits per heavy atom. The van der Waals surface area contributed by atoms with Gasteiger partial charge in [-0.2, -0.15) is 4.98 Å². The van der Waals surface area contributed by atoms with Crippen molar-refractivity contribution in [2.24, 2.45) is 0 Å². The van der Waals surface area contributed by atoms with E-state index in [1.54, 1.807) is 0 Å². The lowest BCUT2D eigenvalue weighted by Crippen LogP contribution is -2.52. The fourth-order valence-electron chi connectivity index (χ4n) is 4.82. The number of rotatable bonds is 9. The zero-order valence-corrected chi connectivity index (χ0v) is 20.1. The first-order valence-electron chi connectivity index (χ1n) is 12.1. The van der Waals surface area contributed by atoms with Crippen LogP contribution in [0.15, 0.2) is 47.0 Å². The van der Waals surface area contributed by atoms with Crippen LogP contribution in [-0.4, -0.2) is 65.3 Å². The molecule has 37 heavy (non-hydrogen) atoms. The molecule has 3 aromatic rings. The molecular formula is C26H27F2N3O6. The number of halogens is 2. The van der Waals surface area contributed by atoms with Crippen LogP contribution in [0.2, 0.25) is 0 Å². The zero-order chi connectivity index (χ0) is 25.8. The van der Waals surface area contributed by atoms with Crippen LogP contribution in [0, 0.1) is 11.6 Å². The van der Waals surface area contributed by atoms with E-state index in [-0.39, 0.29) is 19.3 Å². The summed E-state index contributed by atoms with van der Waals surface area (Å²) < 4.78 is 49.5. The summed E-state index contributed by atoms with van der Waals surface area (Å²) in [6.07, 6.45) is -0.403. The van der Waals surface area contributed by atoms with Gasteiger partial charge in [-0.15, -0.1) is 0 Å². The van der Waals surface area contributed by atoms with E-state index in [9.17, 15) is 13.6 Å². The predicted octanol–water partition coefficient (Wildman–Crippen LogP) is 4.16. The summed E-state index contributed by atoms with van der Waals surface area (Å²) in [6.45, 7) is 3.04. The largest absolute Gasteiger partial charge is 0.506 e. The van der Waals surface area contributed by atoms with Gasteiger partial charge in [-0.25, -0.2) is 13.6 Å². The van der Waals surface area contributed by atoms with Crippen molar-refractivity contribution in [2.45, 2.75) is 37.5 Å². The molecule has 2 aliphatic rings. The second-order valence-electron chi connectivity index (χ2n) is 9.42. The highest BCUT2D eigenvalue weighted by Crippen LogP contribution is 2.37. The fraction of sp³-hybridized carbons (Fsp3) is 0.423. The van der Waals surface area contributed by atoms with Gasteiger partial charge in [0.25, 0.3) is 5.89 Å². The molecule has 0 aliphatic carbocycles. The summed E-state index contributed by atoms with van der Waals surface area (Å²) in [4.78, 5) is 17.1. The highest BCUT2D eigenvalue weighted by Gasteiger charge is 2.37. The van der Waals surface area contributed by atoms with Crippen LogP contribution in [0.5, 0.6) is 0 Å². The Kier molecular flexibility index (Phi) is 7.45. The van der Waals surface area contributed by atoms with Crippen LogP contribution in [-0.2, 0) is 32.8 Å². The van der Waals surface area contributed by atoms with Gasteiger partial charge in [-0.05, 0) is 30.0 Å². The fourth-order valence-corrected chi connectivity index (χ4v) is 4.82. The van der Waals surface area contributed by atoms with E-state index in [1.165, 1.54) is 12.1 Å². The lowest BCUT2D eigenvalue weighted by Gasteiger charge is -2.37. The molecule has 0 amide bonds. The average molecular weight is 516 g/mol. The topological polar surface area (TPSA) is 107 Å². The highest BCUT2D eigenvalue weighted by atomic mass is 19.1. The Hall–Kier alpha value is -3.41. The van der Waals surface area contributed by atoms with E-state index < -0.39 is 23.2 Å². The summed E-state index contributed by atoms with van der Waals surface area (Å²) in [7, 11) is 0. The zero-order valence-electron chi connectivity index (χ0n) is 20.1. The molecular weight excluding hydrogens is 488 g/mol. The summed E-state index contributed by atoms with van der Waals surface area (Å²) in [5.41, 5.74) is 1.65. The third kappa shape index (κ3) is 5.95. The Morgan fingerprint density at radius 1 is 1.14 bits per heavy atom. The molecule has 9 nitrogen and oxygen atoms in total. The van der Waals surface area contributed by atoms with Gasteiger partial charge in [-0.1, -0.05) is 35.5 Å². The number of nitrogens with zero attached hydrogens (tertiary/aromatic N) is 3. The molecule has 0 radical (unpaired) electrons. The third-order valence-electron chi connectivity index (χ3n) is 6.83. The van der Waals surface area contributed by atoms with E-state index in [4.69, 9.17) is 23.8 Å². The Balaban J connectivity index is 1.16. The first-order valence-corrected chi connectivity index (χ1v) is 12.1. The number of hydrogen-bond donors (Lipinski definition) is 1. The van der Waals surface area contributed by atoms with E-state index in [2.05, 4.69) is 15.0 Å². The Labute approximate surface area is 211 Å². The van der Waals surface area contributed by atoms with Gasteiger partial charge >= 0.3 is 6.16 Å². The molecule has 2 aromatic carbocycles. The van der Waals surface area contributed by atoms with Crippen LogP contribution in [0.25, 0.3) is 11.4 Å². The second kappa shape index (κ2) is 10.9. The highest BCUT2D eigenvalue weighted by molar-refractivity contribution is 5.57. The van der Waals surface area contributed by atoms with Gasteiger partial charge in [0.2, 0.25) is 5.82 Å². The Bertz CT molecular complexity index is 1220. The van der Waals surface area contributed by atoms with Crippen molar-refractivity contribution in [1.82, 2.24) is 15.0 Å². The van der Waals surface area contributed by atoms with Crippen molar-refractivity contribution >= 4 is 6.16 Å². The second-order valence-corrected chi connectivity index (χ2v) is 9.42. The molecule has 0 unspecified atom stereocenters. The van der Waals surface area contributed by atoms with Gasteiger partial charge in [0.05, 0.1) is 6.61 Å². The van der Waals surface area contributed by atoms with Crippen molar-refractivity contribution in [3.8, 4) is 11.4 Å². The van der Waals surface area contributed by atoms with Crippen molar-refractivity contribution in [1.29, 1.82) is 0 Å². The maximum absolute atomic E-state index is 14.6. The van der Waals surface area contributed by atoms with Crippen molar-refractivity contribution in [2.75, 3.05) is 32.9 Å². The van der Waals surface area contributed by atoms with Gasteiger partial charge < -0.3 is 23.8 Å². The van der Waals surface area contributed by atoms with Gasteiger partial charge in [0.1, 0.15) is 24.3 Å². The lowest BCUT2D eigenvalue weighted by molar-refractivity contribution is -0.0363. The minimum absolute atomic E-state index is 0.0606. The molecule has 0 saturated carbocycles. The average Bonchev–Trinajstić information content (AvgIpc) is 3.32. The molecule has 1 aromatic heterocycles. The monoisotopic (exact) mass is 515 g/mol. The third-order valence-corrected chi connectivity index (χ3v) is 6.83. The first-order chi connectivity index (χ1) is 17.9. The molecule has 0 spiro atoms. The standard InChI is InChI=1S/C26H27F2N3O6/c27-19-5-6-21(22(28)11-19)26(7-9-34-10-8-26)16-35-15-23-29-24(30-37-23)18-3-1-17(2-4-18)12-31-13-20(14-31)36-25(32)33/h1-6,11,20H,7-10,12-16H2,(H,32,33). The molecule has 0 bridgehead atoms. The van der Waals surface area contributed by atoms with E-state index in [0.29, 0.717) is 63.0 Å². The molecule has 5 rings (SSSR count). The number of ether oxygens (including phenoxy) is 3. The molecule has 2 fully saturated rings. The van der Waals surface area contributed by atoms with Crippen LogP contribution < -0.4 is 0 Å². The normalized spacial score (nSPS) is 17.9. The molecule has 1 N–H and O–H groups in total. The summed E-state index contributed by atoms with van der Waals surface area (Å²) in [5, 5.41) is 12.7. The van der Waals surface area contributed by atoms with Gasteiger partial charge in [-0.3, -0.25) is 4.90 Å². The number of carbonyl (C=O) groups is 1. The number of likely N-dealkylation sites (tertiary alicyclic amines) is 1. The minimum Gasteiger partial charge on any atom is -0.450 e. The first kappa shape index (κ1) is 25.2. The lowest BCUT2D eigenvalue weighted by atomic mass is 9.74. The SMILES string of the molecule is O=C(O)OC1CN(Cc2ccc(-c3noc(COCC4(c5ccc(F)cc5F)CCOCC4)n3)cc2)C1. The van der Waals surface area contributed by atoms with Gasteiger partial charge in [0, 0.05) is 49.9 Å². The van der Waals surface area contributed by atoms with Crippen LogP contribution >= 0.6 is 0 Å². The predicted molar refractivity (Wildman–Crippen MR) is 126 cm³/mol. The maximum Gasteiger partial charge on any atom is 0.506 e. The van der Waals surface area contributed by atoms with E-state index >= 15 is 0 Å². The molecule has 0 atom stereocenters. The van der Waals surface area contributed by atoms with Crippen LogP contribution in [0.3, 0.4) is 0 Å².